The molecule has 0 amide bonds. The van der Waals surface area contributed by atoms with Crippen molar-refractivity contribution in [2.75, 3.05) is 6.86 Å². The number of benzene rings is 1. The Morgan fingerprint density at radius 2 is 2.06 bits per heavy atom. The third kappa shape index (κ3) is 3.88. The predicted molar refractivity (Wildman–Crippen MR) is 58.2 cm³/mol. The molecule has 0 saturated carbocycles. The molecule has 0 heterocycles. The number of hydrogen-bond acceptors (Lipinski definition) is 3. The van der Waals surface area contributed by atoms with Crippen LogP contribution in [-0.2, 0) is 4.74 Å². The van der Waals surface area contributed by atoms with Gasteiger partial charge >= 0.3 is 5.97 Å². The number of hydrogen-bond donors (Lipinski definition) is 0. The van der Waals surface area contributed by atoms with Gasteiger partial charge in [0.05, 0.1) is 5.56 Å². The summed E-state index contributed by atoms with van der Waals surface area (Å²) in [7, 11) is 0. The van der Waals surface area contributed by atoms with E-state index in [2.05, 4.69) is 4.74 Å². The fraction of sp³-hybridized carbons (Fsp3) is 0.417. The van der Waals surface area contributed by atoms with Crippen LogP contribution in [0.1, 0.15) is 31.1 Å². The van der Waals surface area contributed by atoms with E-state index in [1.807, 2.05) is 0 Å². The minimum Gasteiger partial charge on any atom is -0.463 e. The highest BCUT2D eigenvalue weighted by Gasteiger charge is 2.17. The Kier molecular flexibility index (Phi) is 3.88. The lowest BCUT2D eigenvalue weighted by Gasteiger charge is -2.19. The summed E-state index contributed by atoms with van der Waals surface area (Å²) in [6, 6.07) is 6.24. The second-order valence-electron chi connectivity index (χ2n) is 4.28. The van der Waals surface area contributed by atoms with Crippen molar-refractivity contribution < 1.29 is 18.7 Å². The van der Waals surface area contributed by atoms with Crippen LogP contribution in [0.15, 0.2) is 24.3 Å². The van der Waals surface area contributed by atoms with Gasteiger partial charge in [-0.1, -0.05) is 6.07 Å². The molecule has 0 fully saturated rings. The van der Waals surface area contributed by atoms with Gasteiger partial charge in [-0.3, -0.25) is 0 Å². The predicted octanol–water partition coefficient (Wildman–Crippen LogP) is 2.95. The van der Waals surface area contributed by atoms with Gasteiger partial charge in [-0.05, 0) is 39.0 Å². The summed E-state index contributed by atoms with van der Waals surface area (Å²) in [5, 5.41) is 0. The van der Waals surface area contributed by atoms with Gasteiger partial charge in [0.25, 0.3) is 0 Å². The van der Waals surface area contributed by atoms with Crippen molar-refractivity contribution in [1.29, 1.82) is 0 Å². The Labute approximate surface area is 94.2 Å². The first-order valence-corrected chi connectivity index (χ1v) is 4.94. The molecule has 0 saturated heterocycles. The summed E-state index contributed by atoms with van der Waals surface area (Å²) in [5.74, 6) is -0.136. The summed E-state index contributed by atoms with van der Waals surface area (Å²) in [5.41, 5.74) is -0.200. The Bertz CT molecular complexity index is 369. The van der Waals surface area contributed by atoms with Crippen LogP contribution >= 0.6 is 0 Å². The zero-order valence-corrected chi connectivity index (χ0v) is 9.62. The molecule has 0 radical (unpaired) electrons. The van der Waals surface area contributed by atoms with Gasteiger partial charge in [-0.15, -0.1) is 0 Å². The summed E-state index contributed by atoms with van der Waals surface area (Å²) >= 11 is 0. The first-order chi connectivity index (χ1) is 7.42. The molecule has 16 heavy (non-hydrogen) atoms. The van der Waals surface area contributed by atoms with Gasteiger partial charge in [0, 0.05) is 0 Å². The van der Waals surface area contributed by atoms with Crippen molar-refractivity contribution in [3.8, 4) is 5.75 Å². The Morgan fingerprint density at radius 3 is 2.62 bits per heavy atom. The number of carbonyl (C=O) groups excluding carboxylic acids is 1. The maximum atomic E-state index is 11.9. The maximum Gasteiger partial charge on any atom is 0.338 e. The Morgan fingerprint density at radius 1 is 1.38 bits per heavy atom. The minimum absolute atomic E-state index is 0.311. The second-order valence-corrected chi connectivity index (χ2v) is 4.28. The average molecular weight is 226 g/mol. The lowest BCUT2D eigenvalue weighted by atomic mass is 10.1. The van der Waals surface area contributed by atoms with Gasteiger partial charge in [-0.2, -0.15) is 0 Å². The van der Waals surface area contributed by atoms with E-state index in [9.17, 15) is 9.18 Å². The lowest BCUT2D eigenvalue weighted by molar-refractivity contribution is 0.00688. The van der Waals surface area contributed by atoms with Gasteiger partial charge in [-0.25, -0.2) is 9.18 Å². The van der Waals surface area contributed by atoms with Crippen LogP contribution in [-0.4, -0.2) is 18.4 Å². The van der Waals surface area contributed by atoms with E-state index in [-0.39, 0.29) is 0 Å². The van der Waals surface area contributed by atoms with E-state index in [4.69, 9.17) is 4.74 Å². The van der Waals surface area contributed by atoms with Crippen LogP contribution in [0.2, 0.25) is 0 Å². The Hall–Kier alpha value is -1.58. The molecule has 0 aliphatic heterocycles. The average Bonchev–Trinajstić information content (AvgIpc) is 2.16. The number of rotatable bonds is 3. The summed E-state index contributed by atoms with van der Waals surface area (Å²) < 4.78 is 21.8. The van der Waals surface area contributed by atoms with Crippen LogP contribution in [0.5, 0.6) is 5.75 Å². The van der Waals surface area contributed by atoms with Gasteiger partial charge in [0.15, 0.2) is 0 Å². The third-order valence-electron chi connectivity index (χ3n) is 1.69. The zero-order chi connectivity index (χ0) is 12.2. The van der Waals surface area contributed by atoms with Gasteiger partial charge < -0.3 is 9.47 Å². The molecule has 0 atom stereocenters. The zero-order valence-electron chi connectivity index (χ0n) is 9.62. The second kappa shape index (κ2) is 4.96. The fourth-order valence-corrected chi connectivity index (χ4v) is 1.11. The number of halogens is 1. The van der Waals surface area contributed by atoms with Crippen molar-refractivity contribution in [3.63, 3.8) is 0 Å². The first kappa shape index (κ1) is 12.5. The molecular weight excluding hydrogens is 211 g/mol. The van der Waals surface area contributed by atoms with Gasteiger partial charge in [0.1, 0.15) is 11.4 Å². The van der Waals surface area contributed by atoms with E-state index < -0.39 is 18.4 Å². The molecule has 0 N–H and O–H groups in total. The molecule has 0 aliphatic carbocycles. The Balaban J connectivity index is 2.79. The molecule has 1 aromatic rings. The lowest BCUT2D eigenvalue weighted by Crippen LogP contribution is -2.23. The monoisotopic (exact) mass is 226 g/mol. The molecule has 4 heteroatoms. The topological polar surface area (TPSA) is 35.5 Å². The van der Waals surface area contributed by atoms with Crippen LogP contribution in [0, 0.1) is 0 Å². The fourth-order valence-electron chi connectivity index (χ4n) is 1.11. The summed E-state index contributed by atoms with van der Waals surface area (Å²) in [6.45, 7) is 4.43. The molecule has 0 spiro atoms. The van der Waals surface area contributed by atoms with Crippen molar-refractivity contribution in [1.82, 2.24) is 0 Å². The van der Waals surface area contributed by atoms with Crippen molar-refractivity contribution in [3.05, 3.63) is 29.8 Å². The molecule has 1 rings (SSSR count). The van der Waals surface area contributed by atoms with Crippen LogP contribution in [0.25, 0.3) is 0 Å². The van der Waals surface area contributed by atoms with Crippen LogP contribution in [0.3, 0.4) is 0 Å². The smallest absolute Gasteiger partial charge is 0.338 e. The van der Waals surface area contributed by atoms with E-state index in [1.165, 1.54) is 6.07 Å². The summed E-state index contributed by atoms with van der Waals surface area (Å²) in [6.07, 6.45) is 0. The molecule has 1 aromatic carbocycles. The highest BCUT2D eigenvalue weighted by atomic mass is 19.1. The minimum atomic E-state index is -0.919. The molecule has 0 aliphatic rings. The highest BCUT2D eigenvalue weighted by molar-refractivity contribution is 5.90. The van der Waals surface area contributed by atoms with Crippen molar-refractivity contribution in [2.24, 2.45) is 0 Å². The summed E-state index contributed by atoms with van der Waals surface area (Å²) in [4.78, 5) is 11.6. The van der Waals surface area contributed by atoms with E-state index in [0.717, 1.165) is 0 Å². The van der Waals surface area contributed by atoms with Crippen LogP contribution < -0.4 is 4.74 Å². The largest absolute Gasteiger partial charge is 0.463 e. The quantitative estimate of drug-likeness (QED) is 0.743. The number of esters is 1. The molecule has 3 nitrogen and oxygen atoms in total. The van der Waals surface area contributed by atoms with Crippen molar-refractivity contribution in [2.45, 2.75) is 26.4 Å². The molecule has 0 bridgehead atoms. The standard InChI is InChI=1S/C12H15FO3/c1-12(2,3)16-11(14)9-5-4-6-10(7-9)15-8-13/h4-7H,8H2,1-3H3. The number of ether oxygens (including phenoxy) is 2. The normalized spacial score (nSPS) is 11.0. The van der Waals surface area contributed by atoms with E-state index >= 15 is 0 Å². The van der Waals surface area contributed by atoms with Crippen molar-refractivity contribution >= 4 is 5.97 Å². The SMILES string of the molecule is CC(C)(C)OC(=O)c1cccc(OCF)c1. The maximum absolute atomic E-state index is 11.9. The molecular formula is C12H15FO3. The third-order valence-corrected chi connectivity index (χ3v) is 1.69. The highest BCUT2D eigenvalue weighted by Crippen LogP contribution is 2.17. The molecule has 0 aromatic heterocycles. The molecule has 0 unspecified atom stereocenters. The molecule has 88 valence electrons. The van der Waals surface area contributed by atoms with Gasteiger partial charge in [0.2, 0.25) is 6.86 Å². The number of alkyl halides is 1. The van der Waals surface area contributed by atoms with Crippen LogP contribution in [0.4, 0.5) is 4.39 Å². The van der Waals surface area contributed by atoms with E-state index in [1.54, 1.807) is 39.0 Å². The number of carbonyl (C=O) groups is 1. The van der Waals surface area contributed by atoms with E-state index in [0.29, 0.717) is 11.3 Å². The first-order valence-electron chi connectivity index (χ1n) is 4.94.